The number of hydrogen-bond acceptors (Lipinski definition) is 2. The summed E-state index contributed by atoms with van der Waals surface area (Å²) in [5.74, 6) is 1.17. The molecule has 0 fully saturated rings. The third kappa shape index (κ3) is 5.63. The van der Waals surface area contributed by atoms with Crippen LogP contribution in [0.1, 0.15) is 49.9 Å². The van der Waals surface area contributed by atoms with Crippen LogP contribution in [0.4, 0.5) is 0 Å². The highest BCUT2D eigenvalue weighted by Gasteiger charge is 2.21. The topological polar surface area (TPSA) is 38.3 Å². The van der Waals surface area contributed by atoms with E-state index in [1.54, 1.807) is 6.92 Å². The molecule has 134 valence electrons. The van der Waals surface area contributed by atoms with Crippen LogP contribution in [0.15, 0.2) is 48.5 Å². The van der Waals surface area contributed by atoms with Gasteiger partial charge in [0, 0.05) is 0 Å². The molecule has 0 saturated heterocycles. The van der Waals surface area contributed by atoms with Gasteiger partial charge in [-0.15, -0.1) is 0 Å². The summed E-state index contributed by atoms with van der Waals surface area (Å²) in [7, 11) is 0. The van der Waals surface area contributed by atoms with Gasteiger partial charge in [0.25, 0.3) is 5.91 Å². The van der Waals surface area contributed by atoms with E-state index in [4.69, 9.17) is 4.74 Å². The molecule has 2 rings (SSSR count). The number of nitrogens with one attached hydrogen (secondary N) is 1. The van der Waals surface area contributed by atoms with Crippen molar-refractivity contribution in [1.82, 2.24) is 5.32 Å². The molecule has 0 radical (unpaired) electrons. The van der Waals surface area contributed by atoms with Crippen LogP contribution in [-0.4, -0.2) is 12.0 Å². The second-order valence-electron chi connectivity index (χ2n) is 7.13. The largest absolute Gasteiger partial charge is 0.481 e. The van der Waals surface area contributed by atoms with E-state index in [1.165, 1.54) is 0 Å². The van der Waals surface area contributed by atoms with Crippen molar-refractivity contribution in [3.8, 4) is 5.75 Å². The summed E-state index contributed by atoms with van der Waals surface area (Å²) in [6.07, 6.45) is 0.352. The minimum atomic E-state index is -0.543. The fourth-order valence-corrected chi connectivity index (χ4v) is 2.80. The van der Waals surface area contributed by atoms with Crippen LogP contribution < -0.4 is 10.1 Å². The van der Waals surface area contributed by atoms with Crippen molar-refractivity contribution in [1.29, 1.82) is 0 Å². The number of aryl methyl sites for hydroxylation is 2. The molecule has 2 aromatic rings. The first kappa shape index (κ1) is 19.0. The highest BCUT2D eigenvalue weighted by molar-refractivity contribution is 5.81. The predicted molar refractivity (Wildman–Crippen MR) is 103 cm³/mol. The Bertz CT molecular complexity index is 694. The maximum atomic E-state index is 12.7. The first-order chi connectivity index (χ1) is 11.9. The summed E-state index contributed by atoms with van der Waals surface area (Å²) in [4.78, 5) is 12.7. The van der Waals surface area contributed by atoms with E-state index in [0.29, 0.717) is 5.92 Å². The van der Waals surface area contributed by atoms with E-state index in [-0.39, 0.29) is 11.9 Å². The second-order valence-corrected chi connectivity index (χ2v) is 7.13. The molecule has 1 amide bonds. The van der Waals surface area contributed by atoms with Crippen LogP contribution in [0.2, 0.25) is 0 Å². The van der Waals surface area contributed by atoms with Crippen molar-refractivity contribution in [3.63, 3.8) is 0 Å². The van der Waals surface area contributed by atoms with Gasteiger partial charge in [0.2, 0.25) is 0 Å². The lowest BCUT2D eigenvalue weighted by Crippen LogP contribution is -2.39. The molecule has 0 aliphatic rings. The molecule has 0 heterocycles. The number of hydrogen-bond donors (Lipinski definition) is 1. The molecule has 2 aromatic carbocycles. The van der Waals surface area contributed by atoms with Crippen LogP contribution in [0.25, 0.3) is 0 Å². The molecule has 25 heavy (non-hydrogen) atoms. The van der Waals surface area contributed by atoms with Crippen LogP contribution in [0.3, 0.4) is 0 Å². The SMILES string of the molecule is Cc1ccc(C)c(O[C@@H](C)C(=O)N[C@H](CC(C)C)c2ccccc2)c1. The predicted octanol–water partition coefficient (Wildman–Crippen LogP) is 4.97. The molecule has 0 saturated carbocycles. The summed E-state index contributed by atoms with van der Waals surface area (Å²) in [6.45, 7) is 10.1. The Hall–Kier alpha value is -2.29. The monoisotopic (exact) mass is 339 g/mol. The van der Waals surface area contributed by atoms with E-state index in [2.05, 4.69) is 31.3 Å². The summed E-state index contributed by atoms with van der Waals surface area (Å²) < 4.78 is 5.92. The maximum Gasteiger partial charge on any atom is 0.261 e. The molecule has 0 aromatic heterocycles. The van der Waals surface area contributed by atoms with E-state index >= 15 is 0 Å². The van der Waals surface area contributed by atoms with Gasteiger partial charge in [0.15, 0.2) is 6.10 Å². The lowest BCUT2D eigenvalue weighted by molar-refractivity contribution is -0.128. The van der Waals surface area contributed by atoms with Crippen LogP contribution in [0.5, 0.6) is 5.75 Å². The summed E-state index contributed by atoms with van der Waals surface area (Å²) in [5.41, 5.74) is 3.28. The molecule has 2 atom stereocenters. The van der Waals surface area contributed by atoms with E-state index in [0.717, 1.165) is 28.9 Å². The van der Waals surface area contributed by atoms with Gasteiger partial charge in [-0.25, -0.2) is 0 Å². The molecule has 0 spiro atoms. The van der Waals surface area contributed by atoms with Gasteiger partial charge in [0.1, 0.15) is 5.75 Å². The Balaban J connectivity index is 2.08. The van der Waals surface area contributed by atoms with Crippen molar-refractivity contribution < 1.29 is 9.53 Å². The van der Waals surface area contributed by atoms with Crippen molar-refractivity contribution in [2.24, 2.45) is 5.92 Å². The van der Waals surface area contributed by atoms with Gasteiger partial charge in [-0.05, 0) is 55.9 Å². The molecule has 3 heteroatoms. The van der Waals surface area contributed by atoms with Gasteiger partial charge in [-0.1, -0.05) is 56.3 Å². The first-order valence-electron chi connectivity index (χ1n) is 8.96. The third-order valence-electron chi connectivity index (χ3n) is 4.24. The molecule has 1 N–H and O–H groups in total. The standard InChI is InChI=1S/C22H29NO2/c1-15(2)13-20(19-9-7-6-8-10-19)23-22(24)18(5)25-21-14-16(3)11-12-17(21)4/h6-12,14-15,18,20H,13H2,1-5H3,(H,23,24)/t18-,20+/m0/s1. The minimum Gasteiger partial charge on any atom is -0.481 e. The molecule has 0 bridgehead atoms. The molecular formula is C22H29NO2. The number of benzene rings is 2. The van der Waals surface area contributed by atoms with Gasteiger partial charge in [-0.2, -0.15) is 0 Å². The Morgan fingerprint density at radius 3 is 2.36 bits per heavy atom. The Labute approximate surface area is 151 Å². The van der Waals surface area contributed by atoms with Gasteiger partial charge in [-0.3, -0.25) is 4.79 Å². The lowest BCUT2D eigenvalue weighted by atomic mass is 9.97. The van der Waals surface area contributed by atoms with Gasteiger partial charge < -0.3 is 10.1 Å². The Morgan fingerprint density at radius 1 is 1.04 bits per heavy atom. The van der Waals surface area contributed by atoms with E-state index < -0.39 is 6.10 Å². The number of carbonyl (C=O) groups is 1. The molecule has 0 aliphatic carbocycles. The highest BCUT2D eigenvalue weighted by atomic mass is 16.5. The smallest absolute Gasteiger partial charge is 0.261 e. The summed E-state index contributed by atoms with van der Waals surface area (Å²) in [6, 6.07) is 16.1. The number of carbonyl (C=O) groups excluding carboxylic acids is 1. The van der Waals surface area contributed by atoms with Crippen molar-refractivity contribution in [2.75, 3.05) is 0 Å². The lowest BCUT2D eigenvalue weighted by Gasteiger charge is -2.24. The number of ether oxygens (including phenoxy) is 1. The fourth-order valence-electron chi connectivity index (χ4n) is 2.80. The number of rotatable bonds is 7. The normalized spacial score (nSPS) is 13.4. The Kier molecular flexibility index (Phi) is 6.63. The number of amides is 1. The molecular weight excluding hydrogens is 310 g/mol. The van der Waals surface area contributed by atoms with Crippen molar-refractivity contribution >= 4 is 5.91 Å². The van der Waals surface area contributed by atoms with Gasteiger partial charge >= 0.3 is 0 Å². The average Bonchev–Trinajstić information content (AvgIpc) is 2.57. The van der Waals surface area contributed by atoms with Gasteiger partial charge in [0.05, 0.1) is 6.04 Å². The third-order valence-corrected chi connectivity index (χ3v) is 4.24. The zero-order chi connectivity index (χ0) is 18.4. The molecule has 0 aliphatic heterocycles. The second kappa shape index (κ2) is 8.70. The Morgan fingerprint density at radius 2 is 1.72 bits per heavy atom. The van der Waals surface area contributed by atoms with E-state index in [9.17, 15) is 4.79 Å². The first-order valence-corrected chi connectivity index (χ1v) is 8.96. The average molecular weight is 339 g/mol. The van der Waals surface area contributed by atoms with Crippen LogP contribution in [-0.2, 0) is 4.79 Å². The zero-order valence-corrected chi connectivity index (χ0v) is 15.9. The highest BCUT2D eigenvalue weighted by Crippen LogP contribution is 2.23. The van der Waals surface area contributed by atoms with E-state index in [1.807, 2.05) is 50.2 Å². The quantitative estimate of drug-likeness (QED) is 0.773. The molecule has 0 unspecified atom stereocenters. The van der Waals surface area contributed by atoms with Crippen LogP contribution in [0, 0.1) is 19.8 Å². The maximum absolute atomic E-state index is 12.7. The minimum absolute atomic E-state index is 0.00152. The van der Waals surface area contributed by atoms with Crippen LogP contribution >= 0.6 is 0 Å². The summed E-state index contributed by atoms with van der Waals surface area (Å²) >= 11 is 0. The van der Waals surface area contributed by atoms with Crippen molar-refractivity contribution in [2.45, 2.75) is 53.2 Å². The summed E-state index contributed by atoms with van der Waals surface area (Å²) in [5, 5.41) is 3.15. The fraction of sp³-hybridized carbons (Fsp3) is 0.409. The van der Waals surface area contributed by atoms with Crippen molar-refractivity contribution in [3.05, 3.63) is 65.2 Å². The molecule has 3 nitrogen and oxygen atoms in total. The zero-order valence-electron chi connectivity index (χ0n) is 15.9.